The number of rotatable bonds is 3. The fourth-order valence-corrected chi connectivity index (χ4v) is 1.96. The van der Waals surface area contributed by atoms with Crippen LogP contribution >= 0.6 is 24.0 Å². The van der Waals surface area contributed by atoms with Crippen LogP contribution in [0.2, 0.25) is 0 Å². The Kier molecular flexibility index (Phi) is 3.30. The molecular formula is C7H10S2. The Hall–Kier alpha value is 0.180. The van der Waals surface area contributed by atoms with Gasteiger partial charge in [0.05, 0.1) is 0 Å². The highest BCUT2D eigenvalue weighted by molar-refractivity contribution is 8.03. The van der Waals surface area contributed by atoms with E-state index in [0.717, 1.165) is 6.42 Å². The summed E-state index contributed by atoms with van der Waals surface area (Å²) in [6.45, 7) is 0. The molecule has 0 N–H and O–H groups in total. The lowest BCUT2D eigenvalue weighted by Gasteiger charge is -1.93. The minimum Gasteiger partial charge on any atom is -0.131 e. The van der Waals surface area contributed by atoms with Gasteiger partial charge < -0.3 is 0 Å². The van der Waals surface area contributed by atoms with Gasteiger partial charge in [0.25, 0.3) is 0 Å². The molecule has 0 atom stereocenters. The predicted molar refractivity (Wildman–Crippen MR) is 48.0 cm³/mol. The quantitative estimate of drug-likeness (QED) is 0.579. The summed E-state index contributed by atoms with van der Waals surface area (Å²) >= 11 is 6.70. The Morgan fingerprint density at radius 1 is 1.78 bits per heavy atom. The fourth-order valence-electron chi connectivity index (χ4n) is 0.844. The van der Waals surface area contributed by atoms with Gasteiger partial charge in [-0.2, -0.15) is 0 Å². The Balaban J connectivity index is 2.18. The average Bonchev–Trinajstić information content (AvgIpc) is 2.34. The van der Waals surface area contributed by atoms with Crippen molar-refractivity contribution in [2.75, 3.05) is 5.75 Å². The van der Waals surface area contributed by atoms with Crippen molar-refractivity contribution in [3.05, 3.63) is 11.0 Å². The number of thioether (sulfide) groups is 1. The maximum absolute atomic E-state index is 4.73. The van der Waals surface area contributed by atoms with E-state index in [1.165, 1.54) is 23.5 Å². The minimum absolute atomic E-state index is 1.06. The Bertz CT molecular complexity index is 127. The highest BCUT2D eigenvalue weighted by Gasteiger charge is 2.02. The first-order chi connectivity index (χ1) is 4.43. The standard InChI is InChI=1S/C7H10S2/c8-5-1-3-7-4-2-6-9-7/h4-5H,1-3,6H2. The van der Waals surface area contributed by atoms with Crippen LogP contribution in [0.1, 0.15) is 19.3 Å². The first-order valence-corrected chi connectivity index (χ1v) is 4.64. The second kappa shape index (κ2) is 4.07. The van der Waals surface area contributed by atoms with Crippen molar-refractivity contribution in [2.45, 2.75) is 19.3 Å². The molecule has 0 saturated carbocycles. The largest absolute Gasteiger partial charge is 0.131 e. The van der Waals surface area contributed by atoms with Crippen molar-refractivity contribution in [1.29, 1.82) is 0 Å². The molecule has 0 fully saturated rings. The monoisotopic (exact) mass is 158 g/mol. The lowest BCUT2D eigenvalue weighted by Crippen LogP contribution is -1.74. The van der Waals surface area contributed by atoms with Gasteiger partial charge in [0.2, 0.25) is 0 Å². The molecule has 1 heterocycles. The molecule has 9 heavy (non-hydrogen) atoms. The van der Waals surface area contributed by atoms with Gasteiger partial charge in [-0.25, -0.2) is 0 Å². The van der Waals surface area contributed by atoms with Crippen LogP contribution in [-0.2, 0) is 0 Å². The van der Waals surface area contributed by atoms with Crippen LogP contribution in [0.5, 0.6) is 0 Å². The molecule has 0 bridgehead atoms. The normalized spacial score (nSPS) is 17.6. The molecule has 2 heteroatoms. The van der Waals surface area contributed by atoms with Gasteiger partial charge in [-0.15, -0.1) is 11.8 Å². The van der Waals surface area contributed by atoms with Crippen LogP contribution in [0, 0.1) is 0 Å². The van der Waals surface area contributed by atoms with Crippen LogP contribution in [0.4, 0.5) is 0 Å². The summed E-state index contributed by atoms with van der Waals surface area (Å²) in [6.07, 6.45) is 5.82. The number of allylic oxidation sites excluding steroid dienone is 2. The van der Waals surface area contributed by atoms with Gasteiger partial charge in [0.1, 0.15) is 0 Å². The van der Waals surface area contributed by atoms with Crippen molar-refractivity contribution in [2.24, 2.45) is 0 Å². The molecular weight excluding hydrogens is 148 g/mol. The zero-order chi connectivity index (χ0) is 6.53. The van der Waals surface area contributed by atoms with Crippen LogP contribution < -0.4 is 0 Å². The van der Waals surface area contributed by atoms with Gasteiger partial charge >= 0.3 is 0 Å². The molecule has 0 nitrogen and oxygen atoms in total. The van der Waals surface area contributed by atoms with E-state index in [1.54, 1.807) is 0 Å². The van der Waals surface area contributed by atoms with Gasteiger partial charge in [-0.05, 0) is 29.5 Å². The van der Waals surface area contributed by atoms with Crippen molar-refractivity contribution in [1.82, 2.24) is 0 Å². The average molecular weight is 158 g/mol. The lowest BCUT2D eigenvalue weighted by atomic mass is 10.3. The zero-order valence-electron chi connectivity index (χ0n) is 5.30. The molecule has 0 unspecified atom stereocenters. The van der Waals surface area contributed by atoms with Crippen LogP contribution in [0.3, 0.4) is 0 Å². The van der Waals surface area contributed by atoms with Gasteiger partial charge in [0.15, 0.2) is 0 Å². The molecule has 0 spiro atoms. The summed E-state index contributed by atoms with van der Waals surface area (Å²) in [5.41, 5.74) is 0. The number of thiocarbonyl (C=S) groups is 1. The minimum atomic E-state index is 1.06. The molecule has 0 amide bonds. The number of hydrogen-bond donors (Lipinski definition) is 0. The Labute approximate surface area is 65.7 Å². The second-order valence-corrected chi connectivity index (χ2v) is 3.57. The van der Waals surface area contributed by atoms with E-state index in [1.807, 2.05) is 17.1 Å². The van der Waals surface area contributed by atoms with E-state index in [9.17, 15) is 0 Å². The van der Waals surface area contributed by atoms with E-state index in [0.29, 0.717) is 0 Å². The summed E-state index contributed by atoms with van der Waals surface area (Å²) in [6, 6.07) is 0. The molecule has 0 aromatic rings. The lowest BCUT2D eigenvalue weighted by molar-refractivity contribution is 1.10. The molecule has 0 radical (unpaired) electrons. The molecule has 0 saturated heterocycles. The van der Waals surface area contributed by atoms with Crippen LogP contribution in [0.15, 0.2) is 11.0 Å². The Morgan fingerprint density at radius 2 is 2.67 bits per heavy atom. The molecule has 0 aromatic carbocycles. The first kappa shape index (κ1) is 7.29. The van der Waals surface area contributed by atoms with Gasteiger partial charge in [-0.1, -0.05) is 18.3 Å². The molecule has 0 aromatic heterocycles. The van der Waals surface area contributed by atoms with Crippen molar-refractivity contribution in [3.8, 4) is 0 Å². The smallest absolute Gasteiger partial charge is 0.00117 e. The SMILES string of the molecule is S=CCCC1=CCCS1. The Morgan fingerprint density at radius 3 is 3.22 bits per heavy atom. The maximum atomic E-state index is 4.73. The van der Waals surface area contributed by atoms with E-state index < -0.39 is 0 Å². The van der Waals surface area contributed by atoms with E-state index in [4.69, 9.17) is 12.2 Å². The fraction of sp³-hybridized carbons (Fsp3) is 0.571. The zero-order valence-corrected chi connectivity index (χ0v) is 6.93. The van der Waals surface area contributed by atoms with Crippen molar-refractivity contribution >= 4 is 29.3 Å². The van der Waals surface area contributed by atoms with E-state index in [-0.39, 0.29) is 0 Å². The maximum Gasteiger partial charge on any atom is 0.00117 e. The topological polar surface area (TPSA) is 0 Å². The van der Waals surface area contributed by atoms with Crippen LogP contribution in [-0.4, -0.2) is 11.1 Å². The highest BCUT2D eigenvalue weighted by atomic mass is 32.2. The van der Waals surface area contributed by atoms with E-state index >= 15 is 0 Å². The van der Waals surface area contributed by atoms with E-state index in [2.05, 4.69) is 6.08 Å². The molecule has 1 aliphatic rings. The summed E-state index contributed by atoms with van der Waals surface area (Å²) in [4.78, 5) is 1.54. The summed E-state index contributed by atoms with van der Waals surface area (Å²) in [7, 11) is 0. The molecule has 0 aliphatic carbocycles. The number of hydrogen-bond acceptors (Lipinski definition) is 2. The first-order valence-electron chi connectivity index (χ1n) is 3.19. The predicted octanol–water partition coefficient (Wildman–Crippen LogP) is 2.79. The third kappa shape index (κ3) is 2.50. The molecule has 1 aliphatic heterocycles. The second-order valence-electron chi connectivity index (χ2n) is 2.01. The molecule has 1 rings (SSSR count). The highest BCUT2D eigenvalue weighted by Crippen LogP contribution is 2.27. The summed E-state index contributed by atoms with van der Waals surface area (Å²) in [5.74, 6) is 1.28. The summed E-state index contributed by atoms with van der Waals surface area (Å²) < 4.78 is 0. The van der Waals surface area contributed by atoms with Crippen molar-refractivity contribution < 1.29 is 0 Å². The van der Waals surface area contributed by atoms with Crippen LogP contribution in [0.25, 0.3) is 0 Å². The van der Waals surface area contributed by atoms with Gasteiger partial charge in [0, 0.05) is 5.75 Å². The third-order valence-electron chi connectivity index (χ3n) is 1.29. The third-order valence-corrected chi connectivity index (χ3v) is 2.70. The van der Waals surface area contributed by atoms with Crippen molar-refractivity contribution in [3.63, 3.8) is 0 Å². The van der Waals surface area contributed by atoms with Gasteiger partial charge in [-0.3, -0.25) is 0 Å². The molecule has 50 valence electrons. The summed E-state index contributed by atoms with van der Waals surface area (Å²) in [5, 5.41) is 1.82.